The number of sulfonamides is 1. The number of hydrogen-bond acceptors (Lipinski definition) is 5. The van der Waals surface area contributed by atoms with Crippen molar-refractivity contribution in [2.24, 2.45) is 0 Å². The molecule has 2 aromatic heterocycles. The van der Waals surface area contributed by atoms with E-state index in [-0.39, 0.29) is 0 Å². The summed E-state index contributed by atoms with van der Waals surface area (Å²) in [6.07, 6.45) is 1.05. The first-order chi connectivity index (χ1) is 10.2. The third-order valence-corrected chi connectivity index (χ3v) is 7.88. The van der Waals surface area contributed by atoms with Crippen LogP contribution in [0.25, 0.3) is 0 Å². The highest BCUT2D eigenvalue weighted by molar-refractivity contribution is 7.91. The fourth-order valence-electron chi connectivity index (χ4n) is 2.45. The van der Waals surface area contributed by atoms with Crippen molar-refractivity contribution in [1.29, 1.82) is 0 Å². The molecule has 4 nitrogen and oxygen atoms in total. The van der Waals surface area contributed by atoms with E-state index in [9.17, 15) is 8.42 Å². The van der Waals surface area contributed by atoms with Gasteiger partial charge in [-0.05, 0) is 29.3 Å². The molecule has 0 radical (unpaired) electrons. The second-order valence-corrected chi connectivity index (χ2v) is 9.15. The van der Waals surface area contributed by atoms with E-state index < -0.39 is 10.0 Å². The van der Waals surface area contributed by atoms with Crippen LogP contribution in [0.3, 0.4) is 0 Å². The van der Waals surface area contributed by atoms with E-state index in [0.29, 0.717) is 17.3 Å². The minimum atomic E-state index is -3.27. The van der Waals surface area contributed by atoms with Crippen LogP contribution < -0.4 is 0 Å². The molecule has 3 heterocycles. The monoisotopic (exact) mass is 342 g/mol. The number of piperazine rings is 1. The third-order valence-electron chi connectivity index (χ3n) is 3.68. The van der Waals surface area contributed by atoms with Crippen LogP contribution in [0, 0.1) is 0 Å². The topological polar surface area (TPSA) is 40.6 Å². The Morgan fingerprint density at radius 2 is 1.71 bits per heavy atom. The van der Waals surface area contributed by atoms with E-state index in [1.54, 1.807) is 27.8 Å². The summed E-state index contributed by atoms with van der Waals surface area (Å²) in [6, 6.07) is 7.70. The van der Waals surface area contributed by atoms with Crippen molar-refractivity contribution in [3.8, 4) is 0 Å². The van der Waals surface area contributed by atoms with Crippen molar-refractivity contribution >= 4 is 32.7 Å². The molecule has 0 spiro atoms. The molecule has 114 valence electrons. The van der Waals surface area contributed by atoms with Gasteiger partial charge in [-0.15, -0.1) is 22.7 Å². The van der Waals surface area contributed by atoms with Gasteiger partial charge in [0.1, 0.15) is 4.21 Å². The van der Waals surface area contributed by atoms with Gasteiger partial charge in [-0.1, -0.05) is 12.1 Å². The normalized spacial score (nSPS) is 18.1. The summed E-state index contributed by atoms with van der Waals surface area (Å²) < 4.78 is 26.9. The summed E-state index contributed by atoms with van der Waals surface area (Å²) in [4.78, 5) is 3.74. The van der Waals surface area contributed by atoms with Crippen molar-refractivity contribution in [2.75, 3.05) is 32.7 Å². The van der Waals surface area contributed by atoms with Crippen molar-refractivity contribution in [1.82, 2.24) is 9.21 Å². The maximum atomic E-state index is 12.4. The van der Waals surface area contributed by atoms with Crippen molar-refractivity contribution in [3.63, 3.8) is 0 Å². The van der Waals surface area contributed by atoms with Gasteiger partial charge in [0.05, 0.1) is 0 Å². The highest BCUT2D eigenvalue weighted by Gasteiger charge is 2.28. The van der Waals surface area contributed by atoms with Crippen LogP contribution in [0.5, 0.6) is 0 Å². The molecule has 7 heteroatoms. The molecule has 1 saturated heterocycles. The molecule has 3 rings (SSSR count). The fourth-order valence-corrected chi connectivity index (χ4v) is 5.72. The van der Waals surface area contributed by atoms with E-state index in [1.807, 2.05) is 5.38 Å². The quantitative estimate of drug-likeness (QED) is 0.837. The first kappa shape index (κ1) is 15.2. The zero-order chi connectivity index (χ0) is 14.7. The molecule has 0 saturated carbocycles. The zero-order valence-electron chi connectivity index (χ0n) is 11.6. The molecule has 2 aromatic rings. The molecule has 0 aromatic carbocycles. The lowest BCUT2D eigenvalue weighted by Crippen LogP contribution is -2.48. The lowest BCUT2D eigenvalue weighted by molar-refractivity contribution is 0.190. The standard InChI is InChI=1S/C14H18N2O2S3/c17-21(18,14-4-2-12-20-14)16-9-7-15(8-10-16)6-5-13-3-1-11-19-13/h1-4,11-12H,5-10H2. The molecule has 1 aliphatic rings. The molecule has 21 heavy (non-hydrogen) atoms. The average Bonchev–Trinajstić information content (AvgIpc) is 3.19. The zero-order valence-corrected chi connectivity index (χ0v) is 14.1. The van der Waals surface area contributed by atoms with Crippen molar-refractivity contribution in [3.05, 3.63) is 39.9 Å². The van der Waals surface area contributed by atoms with Crippen LogP contribution >= 0.6 is 22.7 Å². The summed E-state index contributed by atoms with van der Waals surface area (Å²) in [7, 11) is -3.27. The Morgan fingerprint density at radius 1 is 1.00 bits per heavy atom. The number of nitrogens with zero attached hydrogens (tertiary/aromatic N) is 2. The Morgan fingerprint density at radius 3 is 2.33 bits per heavy atom. The Balaban J connectivity index is 1.53. The van der Waals surface area contributed by atoms with Gasteiger partial charge < -0.3 is 4.90 Å². The van der Waals surface area contributed by atoms with Crippen LogP contribution in [-0.2, 0) is 16.4 Å². The molecule has 0 aliphatic carbocycles. The van der Waals surface area contributed by atoms with Gasteiger partial charge in [-0.25, -0.2) is 8.42 Å². The molecule has 0 bridgehead atoms. The fraction of sp³-hybridized carbons (Fsp3) is 0.429. The molecular weight excluding hydrogens is 324 g/mol. The summed E-state index contributed by atoms with van der Waals surface area (Å²) in [5.74, 6) is 0. The summed E-state index contributed by atoms with van der Waals surface area (Å²) >= 11 is 3.07. The van der Waals surface area contributed by atoms with Gasteiger partial charge in [0, 0.05) is 37.6 Å². The first-order valence-corrected chi connectivity index (χ1v) is 10.1. The Hall–Kier alpha value is -0.730. The smallest absolute Gasteiger partial charge is 0.252 e. The van der Waals surface area contributed by atoms with Gasteiger partial charge in [-0.2, -0.15) is 4.31 Å². The van der Waals surface area contributed by atoms with Crippen molar-refractivity contribution < 1.29 is 8.42 Å². The number of thiophene rings is 2. The van der Waals surface area contributed by atoms with Gasteiger partial charge in [0.2, 0.25) is 0 Å². The van der Waals surface area contributed by atoms with Crippen LogP contribution in [0.4, 0.5) is 0 Å². The van der Waals surface area contributed by atoms with E-state index in [1.165, 1.54) is 16.2 Å². The molecule has 1 fully saturated rings. The van der Waals surface area contributed by atoms with E-state index in [2.05, 4.69) is 22.4 Å². The number of rotatable bonds is 5. The van der Waals surface area contributed by atoms with Gasteiger partial charge in [0.15, 0.2) is 0 Å². The Bertz CT molecular complexity index is 642. The summed E-state index contributed by atoms with van der Waals surface area (Å²) in [5, 5.41) is 3.91. The van der Waals surface area contributed by atoms with Crippen LogP contribution in [0.15, 0.2) is 39.2 Å². The molecule has 0 atom stereocenters. The minimum absolute atomic E-state index is 0.453. The lowest BCUT2D eigenvalue weighted by atomic mass is 10.3. The van der Waals surface area contributed by atoms with Gasteiger partial charge >= 0.3 is 0 Å². The van der Waals surface area contributed by atoms with Gasteiger partial charge in [-0.3, -0.25) is 0 Å². The summed E-state index contributed by atoms with van der Waals surface area (Å²) in [6.45, 7) is 3.81. The molecular formula is C14H18N2O2S3. The summed E-state index contributed by atoms with van der Waals surface area (Å²) in [5.41, 5.74) is 0. The molecule has 0 N–H and O–H groups in total. The largest absolute Gasteiger partial charge is 0.300 e. The SMILES string of the molecule is O=S(=O)(c1cccs1)N1CCN(CCc2cccs2)CC1. The van der Waals surface area contributed by atoms with Crippen LogP contribution in [0.2, 0.25) is 0 Å². The Labute approximate surface area is 133 Å². The van der Waals surface area contributed by atoms with E-state index >= 15 is 0 Å². The predicted octanol–water partition coefficient (Wildman–Crippen LogP) is 2.36. The van der Waals surface area contributed by atoms with Crippen LogP contribution in [0.1, 0.15) is 4.88 Å². The van der Waals surface area contributed by atoms with Gasteiger partial charge in [0.25, 0.3) is 10.0 Å². The minimum Gasteiger partial charge on any atom is -0.300 e. The molecule has 1 aliphatic heterocycles. The van der Waals surface area contributed by atoms with E-state index in [4.69, 9.17) is 0 Å². The highest BCUT2D eigenvalue weighted by atomic mass is 32.2. The average molecular weight is 343 g/mol. The first-order valence-electron chi connectivity index (χ1n) is 6.95. The van der Waals surface area contributed by atoms with Crippen molar-refractivity contribution in [2.45, 2.75) is 10.6 Å². The second kappa shape index (κ2) is 6.58. The molecule has 0 amide bonds. The maximum absolute atomic E-state index is 12.4. The third kappa shape index (κ3) is 3.54. The second-order valence-electron chi connectivity index (χ2n) is 5.01. The maximum Gasteiger partial charge on any atom is 0.252 e. The highest BCUT2D eigenvalue weighted by Crippen LogP contribution is 2.22. The van der Waals surface area contributed by atoms with E-state index in [0.717, 1.165) is 26.1 Å². The molecule has 0 unspecified atom stereocenters. The predicted molar refractivity (Wildman–Crippen MR) is 87.5 cm³/mol. The Kier molecular flexibility index (Phi) is 4.75. The lowest BCUT2D eigenvalue weighted by Gasteiger charge is -2.33. The number of hydrogen-bond donors (Lipinski definition) is 0. The van der Waals surface area contributed by atoms with Crippen LogP contribution in [-0.4, -0.2) is 50.3 Å².